The molecular weight excluding hydrogens is 461 g/mol. The number of carbonyl (C=O) groups is 1. The van der Waals surface area contributed by atoms with Gasteiger partial charge in [-0.25, -0.2) is 0 Å². The van der Waals surface area contributed by atoms with Gasteiger partial charge in [0.2, 0.25) is 11.9 Å². The maximum Gasteiger partial charge on any atom is 0.234 e. The lowest BCUT2D eigenvalue weighted by molar-refractivity contribution is -0.113. The highest BCUT2D eigenvalue weighted by atomic mass is 127. The van der Waals surface area contributed by atoms with Crippen LogP contribution in [0.3, 0.4) is 0 Å². The van der Waals surface area contributed by atoms with Crippen LogP contribution in [0.1, 0.15) is 38.1 Å². The minimum Gasteiger partial charge on any atom is -0.341 e. The van der Waals surface area contributed by atoms with Crippen LogP contribution >= 0.6 is 34.4 Å². The quantitative estimate of drug-likeness (QED) is 0.498. The normalized spacial score (nSPS) is 17.3. The van der Waals surface area contributed by atoms with Gasteiger partial charge in [-0.15, -0.1) is 10.2 Å². The summed E-state index contributed by atoms with van der Waals surface area (Å²) in [5.41, 5.74) is 0.858. The molecule has 1 aromatic carbocycles. The molecule has 2 aliphatic rings. The number of anilines is 2. The molecule has 1 saturated heterocycles. The average molecular weight is 483 g/mol. The summed E-state index contributed by atoms with van der Waals surface area (Å²) in [6.45, 7) is 2.12. The average Bonchev–Trinajstić information content (AvgIpc) is 3.42. The largest absolute Gasteiger partial charge is 0.341 e. The molecule has 1 amide bonds. The van der Waals surface area contributed by atoms with E-state index in [2.05, 4.69) is 47.6 Å². The predicted molar refractivity (Wildman–Crippen MR) is 113 cm³/mol. The first-order valence-corrected chi connectivity index (χ1v) is 11.2. The van der Waals surface area contributed by atoms with Crippen LogP contribution in [-0.4, -0.2) is 39.5 Å². The van der Waals surface area contributed by atoms with Gasteiger partial charge in [0.15, 0.2) is 5.16 Å². The van der Waals surface area contributed by atoms with Gasteiger partial charge in [0, 0.05) is 22.7 Å². The molecule has 1 aliphatic carbocycles. The van der Waals surface area contributed by atoms with E-state index in [0.717, 1.165) is 33.5 Å². The summed E-state index contributed by atoms with van der Waals surface area (Å²) in [4.78, 5) is 14.7. The molecule has 0 unspecified atom stereocenters. The fourth-order valence-corrected chi connectivity index (χ4v) is 4.53. The maximum absolute atomic E-state index is 12.3. The number of hydrogen-bond acceptors (Lipinski definition) is 5. The van der Waals surface area contributed by atoms with E-state index in [4.69, 9.17) is 0 Å². The van der Waals surface area contributed by atoms with Gasteiger partial charge >= 0.3 is 0 Å². The first-order valence-electron chi connectivity index (χ1n) is 9.09. The van der Waals surface area contributed by atoms with Gasteiger partial charge in [-0.05, 0) is 66.8 Å². The van der Waals surface area contributed by atoms with Crippen molar-refractivity contribution in [3.63, 3.8) is 0 Å². The highest BCUT2D eigenvalue weighted by Gasteiger charge is 2.32. The summed E-state index contributed by atoms with van der Waals surface area (Å²) in [6.07, 6.45) is 6.10. The molecule has 1 aliphatic heterocycles. The van der Waals surface area contributed by atoms with Gasteiger partial charge in [-0.3, -0.25) is 9.36 Å². The van der Waals surface area contributed by atoms with Gasteiger partial charge in [0.1, 0.15) is 0 Å². The van der Waals surface area contributed by atoms with Crippen molar-refractivity contribution in [3.8, 4) is 0 Å². The van der Waals surface area contributed by atoms with Crippen molar-refractivity contribution in [2.75, 3.05) is 29.1 Å². The Labute approximate surface area is 171 Å². The molecule has 4 rings (SSSR count). The molecule has 2 aromatic rings. The summed E-state index contributed by atoms with van der Waals surface area (Å²) in [5, 5.41) is 12.7. The minimum atomic E-state index is -0.0102. The molecule has 2 heterocycles. The number of benzene rings is 1. The summed E-state index contributed by atoms with van der Waals surface area (Å²) < 4.78 is 3.30. The molecule has 138 valence electrons. The first kappa shape index (κ1) is 18.1. The monoisotopic (exact) mass is 483 g/mol. The van der Waals surface area contributed by atoms with Crippen molar-refractivity contribution < 1.29 is 4.79 Å². The van der Waals surface area contributed by atoms with Crippen molar-refractivity contribution in [2.45, 2.75) is 43.3 Å². The fraction of sp³-hybridized carbons (Fsp3) is 0.500. The lowest BCUT2D eigenvalue weighted by Crippen LogP contribution is -2.32. The zero-order chi connectivity index (χ0) is 17.9. The van der Waals surface area contributed by atoms with E-state index in [1.165, 1.54) is 43.9 Å². The van der Waals surface area contributed by atoms with Crippen molar-refractivity contribution in [1.29, 1.82) is 0 Å². The standard InChI is InChI=1S/C18H22IN5OS/c19-14-6-2-3-7-15(14)20-16(25)12-26-18-22-21-17(24(18)13-8-9-13)23-10-4-1-5-11-23/h2-3,6-7,13H,1,4-5,8-12H2,(H,20,25). The molecule has 0 spiro atoms. The first-order chi connectivity index (χ1) is 12.7. The smallest absolute Gasteiger partial charge is 0.234 e. The van der Waals surface area contributed by atoms with Crippen LogP contribution in [0.15, 0.2) is 29.4 Å². The van der Waals surface area contributed by atoms with E-state index in [1.807, 2.05) is 24.3 Å². The summed E-state index contributed by atoms with van der Waals surface area (Å²) in [7, 11) is 0. The number of carbonyl (C=O) groups excluding carboxylic acids is 1. The summed E-state index contributed by atoms with van der Waals surface area (Å²) >= 11 is 3.71. The summed E-state index contributed by atoms with van der Waals surface area (Å²) in [6, 6.07) is 8.30. The Kier molecular flexibility index (Phi) is 5.68. The van der Waals surface area contributed by atoms with Crippen LogP contribution in [0.25, 0.3) is 0 Å². The molecule has 1 N–H and O–H groups in total. The topological polar surface area (TPSA) is 63.1 Å². The Balaban J connectivity index is 1.42. The van der Waals surface area contributed by atoms with Gasteiger partial charge in [-0.2, -0.15) is 0 Å². The van der Waals surface area contributed by atoms with Crippen LogP contribution < -0.4 is 10.2 Å². The number of aromatic nitrogens is 3. The van der Waals surface area contributed by atoms with E-state index in [9.17, 15) is 4.79 Å². The number of nitrogens with one attached hydrogen (secondary N) is 1. The Morgan fingerprint density at radius 3 is 2.69 bits per heavy atom. The predicted octanol–water partition coefficient (Wildman–Crippen LogP) is 3.94. The van der Waals surface area contributed by atoms with Crippen molar-refractivity contribution in [1.82, 2.24) is 14.8 Å². The van der Waals surface area contributed by atoms with Gasteiger partial charge < -0.3 is 10.2 Å². The molecular formula is C18H22IN5OS. The van der Waals surface area contributed by atoms with Gasteiger partial charge in [0.05, 0.1) is 11.4 Å². The number of para-hydroxylation sites is 1. The number of rotatable bonds is 6. The highest BCUT2D eigenvalue weighted by Crippen LogP contribution is 2.41. The third-order valence-electron chi connectivity index (χ3n) is 4.68. The third-order valence-corrected chi connectivity index (χ3v) is 6.56. The summed E-state index contributed by atoms with van der Waals surface area (Å²) in [5.74, 6) is 1.33. The molecule has 26 heavy (non-hydrogen) atoms. The highest BCUT2D eigenvalue weighted by molar-refractivity contribution is 14.1. The van der Waals surface area contributed by atoms with Gasteiger partial charge in [0.25, 0.3) is 0 Å². The Morgan fingerprint density at radius 2 is 1.96 bits per heavy atom. The molecule has 1 aromatic heterocycles. The minimum absolute atomic E-state index is 0.0102. The Hall–Kier alpha value is -1.29. The van der Waals surface area contributed by atoms with Crippen LogP contribution in [0.5, 0.6) is 0 Å². The van der Waals surface area contributed by atoms with E-state index in [1.54, 1.807) is 0 Å². The lowest BCUT2D eigenvalue weighted by atomic mass is 10.1. The molecule has 8 heteroatoms. The number of halogens is 1. The maximum atomic E-state index is 12.3. The number of nitrogens with zero attached hydrogens (tertiary/aromatic N) is 4. The van der Waals surface area contributed by atoms with E-state index >= 15 is 0 Å². The second-order valence-electron chi connectivity index (χ2n) is 6.75. The molecule has 0 atom stereocenters. The molecule has 2 fully saturated rings. The second-order valence-corrected chi connectivity index (χ2v) is 8.85. The number of thioether (sulfide) groups is 1. The SMILES string of the molecule is O=C(CSc1nnc(N2CCCCC2)n1C1CC1)Nc1ccccc1I. The van der Waals surface area contributed by atoms with Crippen molar-refractivity contribution in [2.24, 2.45) is 0 Å². The molecule has 1 saturated carbocycles. The fourth-order valence-electron chi connectivity index (χ4n) is 3.21. The Morgan fingerprint density at radius 1 is 1.19 bits per heavy atom. The van der Waals surface area contributed by atoms with Crippen LogP contribution in [0.4, 0.5) is 11.6 Å². The third kappa shape index (κ3) is 4.16. The van der Waals surface area contributed by atoms with E-state index < -0.39 is 0 Å². The molecule has 0 bridgehead atoms. The van der Waals surface area contributed by atoms with Gasteiger partial charge in [-0.1, -0.05) is 23.9 Å². The zero-order valence-electron chi connectivity index (χ0n) is 14.5. The van der Waals surface area contributed by atoms with Crippen LogP contribution in [0.2, 0.25) is 0 Å². The number of hydrogen-bond donors (Lipinski definition) is 1. The second kappa shape index (κ2) is 8.16. The van der Waals surface area contributed by atoms with Crippen LogP contribution in [0, 0.1) is 3.57 Å². The van der Waals surface area contributed by atoms with Crippen LogP contribution in [-0.2, 0) is 4.79 Å². The van der Waals surface area contributed by atoms with Crippen molar-refractivity contribution >= 4 is 51.9 Å². The molecule has 0 radical (unpaired) electrons. The van der Waals surface area contributed by atoms with E-state index in [-0.39, 0.29) is 5.91 Å². The number of piperidine rings is 1. The van der Waals surface area contributed by atoms with E-state index in [0.29, 0.717) is 11.8 Å². The molecule has 6 nitrogen and oxygen atoms in total. The Bertz CT molecular complexity index is 786. The lowest BCUT2D eigenvalue weighted by Gasteiger charge is -2.27. The van der Waals surface area contributed by atoms with Crippen molar-refractivity contribution in [3.05, 3.63) is 27.8 Å². The number of amides is 1. The zero-order valence-corrected chi connectivity index (χ0v) is 17.5.